The maximum Gasteiger partial charge on any atom is 0.437 e. The molecule has 3 saturated heterocycles. The molecule has 1 N–H and O–H groups in total. The third-order valence-corrected chi connectivity index (χ3v) is 12.3. The number of furan rings is 1. The van der Waals surface area contributed by atoms with Gasteiger partial charge in [-0.2, -0.15) is 0 Å². The second-order valence-electron chi connectivity index (χ2n) is 17.0. The Hall–Kier alpha value is -7.75. The number of piperidine rings is 1. The Morgan fingerprint density at radius 2 is 1.22 bits per heavy atom. The van der Waals surface area contributed by atoms with Gasteiger partial charge in [-0.3, -0.25) is 14.9 Å². The Labute approximate surface area is 394 Å². The maximum atomic E-state index is 14.1. The summed E-state index contributed by atoms with van der Waals surface area (Å²) in [6.45, 7) is 1.47. The Kier molecular flexibility index (Phi) is 15.6. The van der Waals surface area contributed by atoms with Gasteiger partial charge >= 0.3 is 24.2 Å². The lowest BCUT2D eigenvalue weighted by Crippen LogP contribution is -2.70. The predicted molar refractivity (Wildman–Crippen MR) is 249 cm³/mol. The van der Waals surface area contributed by atoms with E-state index in [1.165, 1.54) is 4.90 Å². The van der Waals surface area contributed by atoms with Crippen LogP contribution in [0.25, 0.3) is 11.3 Å². The molecule has 0 radical (unpaired) electrons. The number of amides is 6. The first-order valence-electron chi connectivity index (χ1n) is 22.9. The fourth-order valence-corrected chi connectivity index (χ4v) is 8.71. The van der Waals surface area contributed by atoms with Crippen LogP contribution in [0.1, 0.15) is 48.1 Å². The first-order chi connectivity index (χ1) is 33.2. The van der Waals surface area contributed by atoms with Crippen molar-refractivity contribution in [3.8, 4) is 11.3 Å². The summed E-state index contributed by atoms with van der Waals surface area (Å²) < 4.78 is 22.6. The van der Waals surface area contributed by atoms with Crippen LogP contribution in [0.2, 0.25) is 0 Å². The Bertz CT molecular complexity index is 2550. The first-order valence-corrected chi connectivity index (χ1v) is 22.9. The Morgan fingerprint density at radius 1 is 0.647 bits per heavy atom. The molecular weight excluding hydrogens is 869 g/mol. The number of esters is 1. The third-order valence-electron chi connectivity index (χ3n) is 12.3. The molecule has 0 bridgehead atoms. The summed E-state index contributed by atoms with van der Waals surface area (Å²) in [6, 6.07) is 39.1. The highest BCUT2D eigenvalue weighted by Crippen LogP contribution is 2.37. The van der Waals surface area contributed by atoms with Crippen LogP contribution >= 0.6 is 0 Å². The van der Waals surface area contributed by atoms with Crippen molar-refractivity contribution in [3.63, 3.8) is 0 Å². The summed E-state index contributed by atoms with van der Waals surface area (Å²) in [7, 11) is 0. The van der Waals surface area contributed by atoms with Gasteiger partial charge in [0.2, 0.25) is 17.8 Å². The van der Waals surface area contributed by atoms with Gasteiger partial charge in [-0.15, -0.1) is 4.99 Å². The molecule has 0 saturated carbocycles. The number of hydrogen-bond donors (Lipinski definition) is 1. The minimum Gasteiger partial charge on any atom is -0.461 e. The van der Waals surface area contributed by atoms with Gasteiger partial charge in [0.1, 0.15) is 31.3 Å². The fraction of sp³-hybridized carbons (Fsp3) is 0.327. The van der Waals surface area contributed by atoms with Crippen LogP contribution < -0.4 is 5.32 Å². The van der Waals surface area contributed by atoms with Crippen LogP contribution in [0, 0.1) is 11.8 Å². The van der Waals surface area contributed by atoms with Crippen molar-refractivity contribution in [3.05, 3.63) is 156 Å². The average molecular weight is 923 g/mol. The van der Waals surface area contributed by atoms with Crippen molar-refractivity contribution in [2.75, 3.05) is 39.3 Å². The van der Waals surface area contributed by atoms with Crippen LogP contribution in [0.3, 0.4) is 0 Å². The van der Waals surface area contributed by atoms with Crippen molar-refractivity contribution in [1.82, 2.24) is 24.9 Å². The molecule has 16 nitrogen and oxygen atoms in total. The summed E-state index contributed by atoms with van der Waals surface area (Å²) >= 11 is 0. The zero-order valence-corrected chi connectivity index (χ0v) is 37.7. The van der Waals surface area contributed by atoms with E-state index in [1.807, 2.05) is 133 Å². The number of ether oxygens (including phenoxy) is 3. The molecule has 352 valence electrons. The SMILES string of the molecule is O=C(/N=C(\NC(=O)OCc1ccccc1)N1CCCC(CC2C(=O)N(C(=O)N3CCN(C(=O)CCc4ccc(-c5ccccc5)o4)CC3)C2C(=O)OCc2ccccc2)C1)OCc1ccccc1. The van der Waals surface area contributed by atoms with Gasteiger partial charge in [-0.1, -0.05) is 121 Å². The molecule has 6 amide bonds. The van der Waals surface area contributed by atoms with E-state index in [0.717, 1.165) is 32.9 Å². The third kappa shape index (κ3) is 12.2. The molecule has 16 heteroatoms. The number of carbonyl (C=O) groups excluding carboxylic acids is 6. The van der Waals surface area contributed by atoms with E-state index < -0.39 is 42.1 Å². The summed E-state index contributed by atoms with van der Waals surface area (Å²) in [5.41, 5.74) is 3.22. The van der Waals surface area contributed by atoms with Gasteiger partial charge in [0.15, 0.2) is 6.04 Å². The number of carbonyl (C=O) groups is 6. The highest BCUT2D eigenvalue weighted by atomic mass is 16.6. The molecule has 3 aliphatic heterocycles. The molecule has 3 atom stereocenters. The van der Waals surface area contributed by atoms with E-state index in [1.54, 1.807) is 9.80 Å². The van der Waals surface area contributed by atoms with Gasteiger partial charge in [0.25, 0.3) is 0 Å². The number of urea groups is 1. The fourth-order valence-electron chi connectivity index (χ4n) is 8.71. The van der Waals surface area contributed by atoms with Crippen LogP contribution in [-0.2, 0) is 54.8 Å². The predicted octanol–water partition coefficient (Wildman–Crippen LogP) is 7.44. The van der Waals surface area contributed by atoms with Gasteiger partial charge in [-0.05, 0) is 54.0 Å². The van der Waals surface area contributed by atoms with Gasteiger partial charge in [0, 0.05) is 57.7 Å². The molecule has 1 aromatic heterocycles. The van der Waals surface area contributed by atoms with E-state index in [-0.39, 0.29) is 83.2 Å². The zero-order chi connectivity index (χ0) is 47.2. The molecule has 8 rings (SSSR count). The minimum atomic E-state index is -1.19. The number of aryl methyl sites for hydroxylation is 1. The lowest BCUT2D eigenvalue weighted by Gasteiger charge is -2.48. The molecule has 0 spiro atoms. The number of guanidine groups is 1. The summed E-state index contributed by atoms with van der Waals surface area (Å²) in [5.74, 6) is -1.00. The number of nitrogens with one attached hydrogen (secondary N) is 1. The standard InChI is InChI=1S/C52H54N6O10/c59-45(26-24-42-23-25-44(68-42)41-21-11-4-12-22-41)55-28-30-56(31-29-55)52(64)58-46(48(61)65-34-37-14-5-1-6-15-37)43(47(58)60)32-40-20-13-27-57(33-40)49(53-50(62)66-35-38-16-7-2-8-17-38)54-51(63)67-36-39-18-9-3-10-19-39/h1-12,14-19,21-23,25,40,43,46H,13,20,24,26-36H2,(H,53,54,62,63). The van der Waals surface area contributed by atoms with Crippen LogP contribution in [-0.4, -0.2) is 107 Å². The molecule has 4 heterocycles. The van der Waals surface area contributed by atoms with E-state index in [4.69, 9.17) is 18.6 Å². The number of likely N-dealkylation sites (tertiary alicyclic amines) is 2. The number of aliphatic imine (C=N–C) groups is 1. The topological polar surface area (TPSA) is 181 Å². The number of benzene rings is 4. The molecule has 3 fully saturated rings. The highest BCUT2D eigenvalue weighted by Gasteiger charge is 2.57. The Morgan fingerprint density at radius 3 is 1.85 bits per heavy atom. The number of hydrogen-bond acceptors (Lipinski definition) is 10. The monoisotopic (exact) mass is 922 g/mol. The normalized spacial score (nSPS) is 18.3. The van der Waals surface area contributed by atoms with Gasteiger partial charge < -0.3 is 33.3 Å². The lowest BCUT2D eigenvalue weighted by atomic mass is 9.78. The van der Waals surface area contributed by atoms with E-state index >= 15 is 0 Å². The first kappa shape index (κ1) is 46.8. The highest BCUT2D eigenvalue weighted by molar-refractivity contribution is 6.08. The quantitative estimate of drug-likeness (QED) is 0.0408. The summed E-state index contributed by atoms with van der Waals surface area (Å²) in [6.07, 6.45) is 0.397. The maximum absolute atomic E-state index is 14.1. The Balaban J connectivity index is 0.905. The second-order valence-corrected chi connectivity index (χ2v) is 17.0. The lowest BCUT2D eigenvalue weighted by molar-refractivity contribution is -0.172. The number of imide groups is 1. The zero-order valence-electron chi connectivity index (χ0n) is 37.7. The summed E-state index contributed by atoms with van der Waals surface area (Å²) in [4.78, 5) is 91.8. The van der Waals surface area contributed by atoms with Crippen molar-refractivity contribution in [2.24, 2.45) is 16.8 Å². The van der Waals surface area contributed by atoms with Crippen LogP contribution in [0.5, 0.6) is 0 Å². The number of piperazine rings is 1. The van der Waals surface area contributed by atoms with E-state index in [2.05, 4.69) is 10.3 Å². The van der Waals surface area contributed by atoms with Crippen LogP contribution in [0.15, 0.2) is 143 Å². The van der Waals surface area contributed by atoms with Gasteiger partial charge in [0.05, 0.1) is 5.92 Å². The van der Waals surface area contributed by atoms with Crippen molar-refractivity contribution in [1.29, 1.82) is 0 Å². The van der Waals surface area contributed by atoms with Crippen LogP contribution in [0.4, 0.5) is 14.4 Å². The van der Waals surface area contributed by atoms with E-state index in [9.17, 15) is 28.8 Å². The molecule has 68 heavy (non-hydrogen) atoms. The molecule has 3 aliphatic rings. The van der Waals surface area contributed by atoms with Crippen molar-refractivity contribution >= 4 is 42.0 Å². The largest absolute Gasteiger partial charge is 0.461 e. The van der Waals surface area contributed by atoms with Crippen molar-refractivity contribution < 1.29 is 47.4 Å². The van der Waals surface area contributed by atoms with E-state index in [0.29, 0.717) is 31.6 Å². The molecular formula is C52H54N6O10. The summed E-state index contributed by atoms with van der Waals surface area (Å²) in [5, 5.41) is 2.63. The molecule has 5 aromatic rings. The number of β-lactam (4-membered cyclic amide) rings is 1. The smallest absolute Gasteiger partial charge is 0.437 e. The van der Waals surface area contributed by atoms with Gasteiger partial charge in [-0.25, -0.2) is 24.1 Å². The van der Waals surface area contributed by atoms with Crippen molar-refractivity contribution in [2.45, 2.75) is 58.0 Å². The minimum absolute atomic E-state index is 0.0152. The average Bonchev–Trinajstić information content (AvgIpc) is 3.87. The number of nitrogens with zero attached hydrogens (tertiary/aromatic N) is 5. The molecule has 0 aliphatic carbocycles. The second kappa shape index (κ2) is 22.6. The number of rotatable bonds is 13. The number of alkyl carbamates (subject to hydrolysis) is 1. The molecule has 3 unspecified atom stereocenters. The molecule has 4 aromatic carbocycles.